The molecular formula is C23H20BrN2O6S-. The molecule has 2 unspecified atom stereocenters. The minimum atomic E-state index is -2.58. The molecule has 0 saturated heterocycles. The van der Waals surface area contributed by atoms with E-state index in [1.54, 1.807) is 30.3 Å². The van der Waals surface area contributed by atoms with Crippen molar-refractivity contribution in [3.8, 4) is 17.4 Å². The van der Waals surface area contributed by atoms with Gasteiger partial charge in [0.15, 0.2) is 6.61 Å². The summed E-state index contributed by atoms with van der Waals surface area (Å²) in [5.41, 5.74) is 1.99. The molecule has 1 aliphatic rings. The fourth-order valence-electron chi connectivity index (χ4n) is 3.89. The summed E-state index contributed by atoms with van der Waals surface area (Å²) in [5, 5.41) is 8.95. The van der Waals surface area contributed by atoms with Crippen molar-refractivity contribution in [2.75, 3.05) is 10.9 Å². The van der Waals surface area contributed by atoms with E-state index in [1.807, 2.05) is 24.3 Å². The van der Waals surface area contributed by atoms with Crippen molar-refractivity contribution in [1.82, 2.24) is 4.98 Å². The van der Waals surface area contributed by atoms with E-state index in [9.17, 15) is 13.6 Å². The van der Waals surface area contributed by atoms with Gasteiger partial charge in [-0.1, -0.05) is 30.3 Å². The van der Waals surface area contributed by atoms with Crippen LogP contribution >= 0.6 is 15.9 Å². The number of aromatic nitrogens is 1. The Morgan fingerprint density at radius 2 is 2.03 bits per heavy atom. The van der Waals surface area contributed by atoms with Gasteiger partial charge in [-0.15, -0.1) is 0 Å². The number of para-hydroxylation sites is 1. The average molecular weight is 532 g/mol. The highest BCUT2D eigenvalue weighted by Crippen LogP contribution is 2.42. The molecule has 10 heteroatoms. The zero-order chi connectivity index (χ0) is 23.4. The number of rotatable bonds is 8. The molecule has 2 atom stereocenters. The first-order valence-corrected chi connectivity index (χ1v) is 12.0. The van der Waals surface area contributed by atoms with E-state index in [2.05, 4.69) is 20.9 Å². The van der Waals surface area contributed by atoms with Crippen LogP contribution in [0.25, 0.3) is 0 Å². The van der Waals surface area contributed by atoms with Gasteiger partial charge in [-0.2, -0.15) is 0 Å². The summed E-state index contributed by atoms with van der Waals surface area (Å²) in [5.74, 6) is 0.311. The summed E-state index contributed by atoms with van der Waals surface area (Å²) in [7, 11) is 0. The number of carboxylic acid groups (broad SMARTS) is 1. The Morgan fingerprint density at radius 3 is 2.73 bits per heavy atom. The van der Waals surface area contributed by atoms with Gasteiger partial charge in [0.1, 0.15) is 11.5 Å². The summed E-state index contributed by atoms with van der Waals surface area (Å²) in [6.45, 7) is -0.460. The van der Waals surface area contributed by atoms with Crippen LogP contribution in [0.2, 0.25) is 0 Å². The normalized spacial score (nSPS) is 15.9. The number of hydrogen-bond donors (Lipinski definition) is 1. The van der Waals surface area contributed by atoms with Gasteiger partial charge in [-0.25, -0.2) is 9.78 Å². The molecule has 8 nitrogen and oxygen atoms in total. The van der Waals surface area contributed by atoms with Crippen molar-refractivity contribution < 1.29 is 28.1 Å². The molecule has 1 aromatic heterocycles. The van der Waals surface area contributed by atoms with Gasteiger partial charge < -0.3 is 19.1 Å². The highest BCUT2D eigenvalue weighted by molar-refractivity contribution is 9.10. The predicted molar refractivity (Wildman–Crippen MR) is 125 cm³/mol. The highest BCUT2D eigenvalue weighted by Gasteiger charge is 2.30. The van der Waals surface area contributed by atoms with Crippen LogP contribution in [0.3, 0.4) is 0 Å². The van der Waals surface area contributed by atoms with Crippen molar-refractivity contribution in [3.05, 3.63) is 76.4 Å². The van der Waals surface area contributed by atoms with Crippen LogP contribution in [0.5, 0.6) is 17.4 Å². The quantitative estimate of drug-likeness (QED) is 0.416. The van der Waals surface area contributed by atoms with Crippen LogP contribution in [0.1, 0.15) is 30.0 Å². The zero-order valence-electron chi connectivity index (χ0n) is 17.3. The zero-order valence-corrected chi connectivity index (χ0v) is 19.8. The molecule has 3 aromatic rings. The van der Waals surface area contributed by atoms with Crippen molar-refractivity contribution in [2.24, 2.45) is 0 Å². The number of fused-ring (bicyclic) bond motifs is 1. The maximum atomic E-state index is 12.3. The Balaban J connectivity index is 1.65. The second-order valence-electron chi connectivity index (χ2n) is 7.35. The molecule has 1 aliphatic carbocycles. The van der Waals surface area contributed by atoms with Gasteiger partial charge >= 0.3 is 5.97 Å². The molecule has 0 fully saturated rings. The highest BCUT2D eigenvalue weighted by atomic mass is 79.9. The van der Waals surface area contributed by atoms with Gasteiger partial charge in [-0.05, 0) is 70.6 Å². The fourth-order valence-corrected chi connectivity index (χ4v) is 5.01. The number of pyridine rings is 1. The molecule has 0 saturated carbocycles. The second kappa shape index (κ2) is 10.3. The topological polar surface area (TPSA) is 112 Å². The van der Waals surface area contributed by atoms with Crippen LogP contribution in [-0.2, 0) is 22.5 Å². The molecule has 0 amide bonds. The maximum absolute atomic E-state index is 12.3. The number of halogens is 1. The number of anilines is 1. The van der Waals surface area contributed by atoms with Crippen LogP contribution in [0.4, 0.5) is 5.69 Å². The van der Waals surface area contributed by atoms with Gasteiger partial charge in [-0.3, -0.25) is 8.51 Å². The summed E-state index contributed by atoms with van der Waals surface area (Å²) in [6, 6.07) is 15.6. The van der Waals surface area contributed by atoms with E-state index in [4.69, 9.17) is 14.6 Å². The van der Waals surface area contributed by atoms with Crippen molar-refractivity contribution in [3.63, 3.8) is 0 Å². The third-order valence-electron chi connectivity index (χ3n) is 5.23. The number of carboxylic acids is 1. The number of nitrogens with zero attached hydrogens (tertiary/aromatic N) is 2. The van der Waals surface area contributed by atoms with E-state index >= 15 is 0 Å². The van der Waals surface area contributed by atoms with Crippen LogP contribution < -0.4 is 13.8 Å². The maximum Gasteiger partial charge on any atom is 0.341 e. The predicted octanol–water partition coefficient (Wildman–Crippen LogP) is 4.78. The number of hydrogen-bond acceptors (Lipinski definition) is 6. The Hall–Kier alpha value is -2.95. The van der Waals surface area contributed by atoms with Crippen molar-refractivity contribution in [2.45, 2.75) is 25.3 Å². The van der Waals surface area contributed by atoms with E-state index in [-0.39, 0.29) is 0 Å². The molecule has 0 aliphatic heterocycles. The van der Waals surface area contributed by atoms with Crippen LogP contribution in [0.15, 0.2) is 65.3 Å². The van der Waals surface area contributed by atoms with Crippen molar-refractivity contribution in [1.29, 1.82) is 0 Å². The molecule has 33 heavy (non-hydrogen) atoms. The van der Waals surface area contributed by atoms with Crippen LogP contribution in [-0.4, -0.2) is 31.4 Å². The summed E-state index contributed by atoms with van der Waals surface area (Å²) < 4.78 is 37.7. The van der Waals surface area contributed by atoms with Crippen LogP contribution in [0, 0.1) is 0 Å². The minimum absolute atomic E-state index is 0.315. The first-order chi connectivity index (χ1) is 15.9. The van der Waals surface area contributed by atoms with E-state index in [0.717, 1.165) is 17.5 Å². The van der Waals surface area contributed by atoms with Gasteiger partial charge in [0.2, 0.25) is 5.88 Å². The Kier molecular flexibility index (Phi) is 7.26. The molecule has 0 radical (unpaired) electrons. The largest absolute Gasteiger partial charge is 0.755 e. The van der Waals surface area contributed by atoms with Gasteiger partial charge in [0.05, 0.1) is 22.4 Å². The summed E-state index contributed by atoms with van der Waals surface area (Å²) in [4.78, 5) is 15.2. The Labute approximate surface area is 201 Å². The van der Waals surface area contributed by atoms with E-state index in [1.165, 1.54) is 10.5 Å². The Bertz CT molecular complexity index is 1180. The fraction of sp³-hybridized carbons (Fsp3) is 0.217. The second-order valence-corrected chi connectivity index (χ2v) is 9.03. The lowest BCUT2D eigenvalue weighted by Crippen LogP contribution is -2.33. The van der Waals surface area contributed by atoms with Gasteiger partial charge in [0.25, 0.3) is 0 Å². The molecule has 1 N–H and O–H groups in total. The molecule has 1 heterocycles. The minimum Gasteiger partial charge on any atom is -0.755 e. The molecule has 0 bridgehead atoms. The number of carbonyl (C=O) groups is 1. The molecular weight excluding hydrogens is 512 g/mol. The molecule has 0 spiro atoms. The number of benzene rings is 2. The monoisotopic (exact) mass is 531 g/mol. The van der Waals surface area contributed by atoms with Gasteiger partial charge in [0, 0.05) is 11.3 Å². The molecule has 172 valence electrons. The lowest BCUT2D eigenvalue weighted by Gasteiger charge is -2.38. The van der Waals surface area contributed by atoms with E-state index in [0.29, 0.717) is 40.4 Å². The Morgan fingerprint density at radius 1 is 1.24 bits per heavy atom. The summed E-state index contributed by atoms with van der Waals surface area (Å²) in [6.07, 6.45) is 3.45. The lowest BCUT2D eigenvalue weighted by molar-refractivity contribution is -0.139. The lowest BCUT2D eigenvalue weighted by atomic mass is 9.87. The number of ether oxygens (including phenoxy) is 2. The summed E-state index contributed by atoms with van der Waals surface area (Å²) >= 11 is 0.850. The SMILES string of the molecule is O=C(O)COc1cccc2c1CCCC2N(c1cnc(Oc2ccccc2)c(Br)c1)S(=O)[O-]. The first kappa shape index (κ1) is 23.2. The molecule has 2 aromatic carbocycles. The standard InChI is InChI=1S/C23H21BrN2O6S/c24-19-12-15(13-25-23(19)32-16-6-2-1-3-7-16)26(33(29)30)20-10-4-9-18-17(20)8-5-11-21(18)31-14-22(27)28/h1-3,5-8,11-13,20H,4,9-10,14H2,(H,27,28)(H,29,30)/p-1. The smallest absolute Gasteiger partial charge is 0.341 e. The molecule has 4 rings (SSSR count). The average Bonchev–Trinajstić information content (AvgIpc) is 2.80. The third-order valence-corrected chi connectivity index (χ3v) is 6.59. The first-order valence-electron chi connectivity index (χ1n) is 10.2. The third kappa shape index (κ3) is 5.35. The van der Waals surface area contributed by atoms with Crippen molar-refractivity contribution >= 4 is 38.9 Å². The number of aliphatic carboxylic acids is 1. The van der Waals surface area contributed by atoms with E-state index < -0.39 is 29.9 Å².